The Hall–Kier alpha value is -3.56. The lowest BCUT2D eigenvalue weighted by molar-refractivity contribution is 0.0696. The van der Waals surface area contributed by atoms with Crippen molar-refractivity contribution in [3.63, 3.8) is 0 Å². The Labute approximate surface area is 174 Å². The number of primary sulfonamides is 1. The molecule has 8 nitrogen and oxygen atoms in total. The number of anilines is 2. The summed E-state index contributed by atoms with van der Waals surface area (Å²) in [7, 11) is -4.27. The molecule has 0 unspecified atom stereocenters. The number of nitrogen functional groups attached to an aromatic ring is 1. The Morgan fingerprint density at radius 2 is 1.70 bits per heavy atom. The van der Waals surface area contributed by atoms with E-state index in [-0.39, 0.29) is 17.0 Å². The van der Waals surface area contributed by atoms with Gasteiger partial charge in [0, 0.05) is 12.2 Å². The van der Waals surface area contributed by atoms with Crippen LogP contribution in [0.15, 0.2) is 71.6 Å². The third-order valence-corrected chi connectivity index (χ3v) is 5.20. The van der Waals surface area contributed by atoms with Crippen LogP contribution in [0.5, 0.6) is 11.5 Å². The molecule has 0 spiro atoms. The summed E-state index contributed by atoms with van der Waals surface area (Å²) in [6.07, 6.45) is 0.629. The fourth-order valence-electron chi connectivity index (χ4n) is 2.81. The zero-order valence-electron chi connectivity index (χ0n) is 15.9. The number of hydrogen-bond acceptors (Lipinski definition) is 6. The van der Waals surface area contributed by atoms with Gasteiger partial charge in [0.2, 0.25) is 10.0 Å². The number of rotatable bonds is 8. The predicted octanol–water partition coefficient (Wildman–Crippen LogP) is 3.06. The number of ether oxygens (including phenoxy) is 1. The third-order valence-electron chi connectivity index (χ3n) is 4.28. The summed E-state index contributed by atoms with van der Waals surface area (Å²) in [6, 6.07) is 18.3. The average Bonchev–Trinajstić information content (AvgIpc) is 2.70. The first-order valence-electron chi connectivity index (χ1n) is 8.99. The van der Waals surface area contributed by atoms with Gasteiger partial charge in [0.05, 0.1) is 11.3 Å². The molecule has 0 fully saturated rings. The number of hydrogen-bond donors (Lipinski definition) is 4. The topological polar surface area (TPSA) is 145 Å². The van der Waals surface area contributed by atoms with Gasteiger partial charge in [-0.1, -0.05) is 30.3 Å². The van der Waals surface area contributed by atoms with Crippen molar-refractivity contribution in [2.45, 2.75) is 11.3 Å². The molecule has 3 rings (SSSR count). The van der Waals surface area contributed by atoms with E-state index in [4.69, 9.17) is 15.6 Å². The minimum Gasteiger partial charge on any atom is -0.478 e. The first-order valence-corrected chi connectivity index (χ1v) is 10.5. The molecule has 3 aromatic carbocycles. The second-order valence-corrected chi connectivity index (χ2v) is 8.06. The smallest absolute Gasteiger partial charge is 0.335 e. The molecule has 0 aliphatic rings. The molecule has 0 radical (unpaired) electrons. The Bertz CT molecular complexity index is 1150. The standard InChI is InChI=1S/C21H21N3O5S/c22-16-6-8-17(9-7-16)29-20-18(24-11-10-14-4-2-1-3-5-14)12-15(21(25)26)13-19(20)30(23,27)28/h1-9,12-13,24H,10-11,22H2,(H,25,26)(H2,23,27,28). The van der Waals surface area contributed by atoms with Crippen molar-refractivity contribution in [1.82, 2.24) is 0 Å². The van der Waals surface area contributed by atoms with Gasteiger partial charge in [-0.05, 0) is 48.4 Å². The van der Waals surface area contributed by atoms with E-state index in [1.54, 1.807) is 24.3 Å². The number of benzene rings is 3. The second-order valence-electron chi connectivity index (χ2n) is 6.53. The number of nitrogens with two attached hydrogens (primary N) is 2. The van der Waals surface area contributed by atoms with Gasteiger partial charge in [0.1, 0.15) is 10.6 Å². The maximum atomic E-state index is 12.2. The van der Waals surface area contributed by atoms with Crippen LogP contribution in [0.25, 0.3) is 0 Å². The van der Waals surface area contributed by atoms with Gasteiger partial charge in [-0.2, -0.15) is 0 Å². The highest BCUT2D eigenvalue weighted by Crippen LogP contribution is 2.37. The Kier molecular flexibility index (Phi) is 6.24. The lowest BCUT2D eigenvalue weighted by Crippen LogP contribution is -2.16. The number of carboxylic acids is 1. The van der Waals surface area contributed by atoms with Crippen LogP contribution in [0.3, 0.4) is 0 Å². The molecular formula is C21H21N3O5S. The monoisotopic (exact) mass is 427 g/mol. The van der Waals surface area contributed by atoms with E-state index in [9.17, 15) is 18.3 Å². The number of carboxylic acid groups (broad SMARTS) is 1. The van der Waals surface area contributed by atoms with Gasteiger partial charge in [-0.15, -0.1) is 0 Å². The van der Waals surface area contributed by atoms with Crippen LogP contribution in [0.2, 0.25) is 0 Å². The molecule has 0 aliphatic heterocycles. The fourth-order valence-corrected chi connectivity index (χ4v) is 3.51. The van der Waals surface area contributed by atoms with Gasteiger partial charge in [0.15, 0.2) is 5.75 Å². The quantitative estimate of drug-likeness (QED) is 0.404. The lowest BCUT2D eigenvalue weighted by Gasteiger charge is -2.17. The average molecular weight is 427 g/mol. The predicted molar refractivity (Wildman–Crippen MR) is 114 cm³/mol. The molecule has 0 bridgehead atoms. The number of nitrogens with one attached hydrogen (secondary N) is 1. The number of carbonyl (C=O) groups is 1. The lowest BCUT2D eigenvalue weighted by atomic mass is 10.1. The maximum absolute atomic E-state index is 12.2. The largest absolute Gasteiger partial charge is 0.478 e. The summed E-state index contributed by atoms with van der Waals surface area (Å²) < 4.78 is 30.1. The maximum Gasteiger partial charge on any atom is 0.335 e. The second kappa shape index (κ2) is 8.85. The van der Waals surface area contributed by atoms with Crippen molar-refractivity contribution in [3.05, 3.63) is 77.9 Å². The molecule has 9 heteroatoms. The minimum atomic E-state index is -4.27. The summed E-state index contributed by atoms with van der Waals surface area (Å²) in [5.74, 6) is -1.05. The number of sulfonamides is 1. The van der Waals surface area contributed by atoms with Gasteiger partial charge in [-0.3, -0.25) is 0 Å². The zero-order valence-corrected chi connectivity index (χ0v) is 16.7. The van der Waals surface area contributed by atoms with Crippen molar-refractivity contribution >= 4 is 27.4 Å². The Morgan fingerprint density at radius 3 is 2.30 bits per heavy atom. The molecule has 30 heavy (non-hydrogen) atoms. The van der Waals surface area contributed by atoms with Crippen LogP contribution >= 0.6 is 0 Å². The Morgan fingerprint density at radius 1 is 1.03 bits per heavy atom. The molecule has 0 saturated heterocycles. The first-order chi connectivity index (χ1) is 14.2. The molecule has 0 atom stereocenters. The molecule has 0 amide bonds. The normalized spacial score (nSPS) is 11.1. The van der Waals surface area contributed by atoms with Gasteiger partial charge in [-0.25, -0.2) is 18.4 Å². The van der Waals surface area contributed by atoms with Crippen LogP contribution in [0.1, 0.15) is 15.9 Å². The number of aromatic carboxylic acids is 1. The summed E-state index contributed by atoms with van der Waals surface area (Å²) in [4.78, 5) is 11.1. The highest BCUT2D eigenvalue weighted by Gasteiger charge is 2.23. The molecule has 6 N–H and O–H groups in total. The van der Waals surface area contributed by atoms with Crippen LogP contribution in [-0.2, 0) is 16.4 Å². The molecule has 156 valence electrons. The van der Waals surface area contributed by atoms with Gasteiger partial charge in [0.25, 0.3) is 0 Å². The third kappa shape index (κ3) is 5.28. The van der Waals surface area contributed by atoms with Crippen molar-refractivity contribution in [1.29, 1.82) is 0 Å². The summed E-state index contributed by atoms with van der Waals surface area (Å²) in [6.45, 7) is 0.412. The van der Waals surface area contributed by atoms with Crippen LogP contribution < -0.4 is 20.9 Å². The summed E-state index contributed by atoms with van der Waals surface area (Å²) >= 11 is 0. The van der Waals surface area contributed by atoms with Crippen molar-refractivity contribution in [2.75, 3.05) is 17.6 Å². The Balaban J connectivity index is 2.00. The van der Waals surface area contributed by atoms with Crippen molar-refractivity contribution in [2.24, 2.45) is 5.14 Å². The summed E-state index contributed by atoms with van der Waals surface area (Å²) in [5.41, 5.74) is 7.22. The molecular weight excluding hydrogens is 406 g/mol. The van der Waals surface area contributed by atoms with E-state index < -0.39 is 20.9 Å². The first kappa shape index (κ1) is 21.2. The van der Waals surface area contributed by atoms with E-state index in [0.29, 0.717) is 24.4 Å². The van der Waals surface area contributed by atoms with E-state index >= 15 is 0 Å². The van der Waals surface area contributed by atoms with E-state index in [0.717, 1.165) is 11.6 Å². The van der Waals surface area contributed by atoms with Gasteiger partial charge < -0.3 is 20.9 Å². The van der Waals surface area contributed by atoms with E-state index in [1.807, 2.05) is 30.3 Å². The molecule has 0 saturated carbocycles. The minimum absolute atomic E-state index is 0.0830. The molecule has 0 aromatic heterocycles. The molecule has 3 aromatic rings. The van der Waals surface area contributed by atoms with Crippen molar-refractivity contribution < 1.29 is 23.1 Å². The SMILES string of the molecule is Nc1ccc(Oc2c(NCCc3ccccc3)cc(C(=O)O)cc2S(N)(=O)=O)cc1. The molecule has 0 heterocycles. The van der Waals surface area contributed by atoms with Gasteiger partial charge >= 0.3 is 5.97 Å². The van der Waals surface area contributed by atoms with Crippen LogP contribution in [0.4, 0.5) is 11.4 Å². The van der Waals surface area contributed by atoms with E-state index in [1.165, 1.54) is 6.07 Å². The van der Waals surface area contributed by atoms with E-state index in [2.05, 4.69) is 5.32 Å². The fraction of sp³-hybridized carbons (Fsp3) is 0.0952. The van der Waals surface area contributed by atoms with Crippen LogP contribution in [-0.4, -0.2) is 26.0 Å². The van der Waals surface area contributed by atoms with Crippen LogP contribution in [0, 0.1) is 0 Å². The van der Waals surface area contributed by atoms with Crippen molar-refractivity contribution in [3.8, 4) is 11.5 Å². The molecule has 0 aliphatic carbocycles. The highest BCUT2D eigenvalue weighted by atomic mass is 32.2. The summed E-state index contributed by atoms with van der Waals surface area (Å²) in [5, 5.41) is 17.8. The zero-order chi connectivity index (χ0) is 21.7. The highest BCUT2D eigenvalue weighted by molar-refractivity contribution is 7.89.